The van der Waals surface area contributed by atoms with E-state index in [1.54, 1.807) is 57.2 Å². The molecule has 1 aromatic heterocycles. The van der Waals surface area contributed by atoms with Gasteiger partial charge in [-0.05, 0) is 99.5 Å². The van der Waals surface area contributed by atoms with E-state index in [4.69, 9.17) is 9.47 Å². The minimum Gasteiger partial charge on any atom is -0.494 e. The summed E-state index contributed by atoms with van der Waals surface area (Å²) in [5.41, 5.74) is 0.729. The SMILES string of the molecule is CCCOc1ccc(C(NCC2CC2)c2ccccc2NC(=O)c2cc(C(F)(F)F)nn2-c2cccc(CNC(=O)OC(C)(C)C)c2)cc1. The molecule has 1 saturated carbocycles. The molecule has 0 radical (unpaired) electrons. The number of ether oxygens (including phenoxy) is 2. The van der Waals surface area contributed by atoms with Gasteiger partial charge in [0.15, 0.2) is 5.69 Å². The molecule has 1 unspecified atom stereocenters. The van der Waals surface area contributed by atoms with Gasteiger partial charge in [0.25, 0.3) is 5.91 Å². The van der Waals surface area contributed by atoms with Gasteiger partial charge in [0.2, 0.25) is 0 Å². The molecule has 1 fully saturated rings. The van der Waals surface area contributed by atoms with E-state index >= 15 is 0 Å². The zero-order valence-electron chi connectivity index (χ0n) is 28.1. The second-order valence-corrected chi connectivity index (χ2v) is 13.1. The Balaban J connectivity index is 1.43. The molecule has 5 rings (SSSR count). The Hall–Kier alpha value is -4.84. The molecule has 1 aliphatic carbocycles. The van der Waals surface area contributed by atoms with E-state index in [1.807, 2.05) is 43.3 Å². The maximum Gasteiger partial charge on any atom is 0.435 e. The average Bonchev–Trinajstić information content (AvgIpc) is 3.76. The van der Waals surface area contributed by atoms with Crippen molar-refractivity contribution in [2.24, 2.45) is 5.92 Å². The van der Waals surface area contributed by atoms with Gasteiger partial charge in [0, 0.05) is 18.3 Å². The van der Waals surface area contributed by atoms with Crippen LogP contribution in [0.4, 0.5) is 23.7 Å². The summed E-state index contributed by atoms with van der Waals surface area (Å²) < 4.78 is 53.8. The van der Waals surface area contributed by atoms with Crippen molar-refractivity contribution in [3.05, 3.63) is 107 Å². The lowest BCUT2D eigenvalue weighted by Gasteiger charge is -2.23. The maximum absolute atomic E-state index is 13.9. The number of hydrogen-bond donors (Lipinski definition) is 3. The fourth-order valence-corrected chi connectivity index (χ4v) is 5.20. The van der Waals surface area contributed by atoms with Crippen molar-refractivity contribution >= 4 is 17.7 Å². The Labute approximate surface area is 284 Å². The van der Waals surface area contributed by atoms with Crippen molar-refractivity contribution in [3.8, 4) is 11.4 Å². The number of benzene rings is 3. The molecule has 0 spiro atoms. The quantitative estimate of drug-likeness (QED) is 0.132. The molecule has 2 amide bonds. The second kappa shape index (κ2) is 15.1. The third-order valence-corrected chi connectivity index (χ3v) is 7.74. The third-order valence-electron chi connectivity index (χ3n) is 7.74. The van der Waals surface area contributed by atoms with Crippen molar-refractivity contribution in [1.82, 2.24) is 20.4 Å². The number of aromatic nitrogens is 2. The Bertz CT molecular complexity index is 1740. The molecule has 12 heteroatoms. The third kappa shape index (κ3) is 9.85. The topological polar surface area (TPSA) is 107 Å². The van der Waals surface area contributed by atoms with E-state index in [0.717, 1.165) is 53.4 Å². The lowest BCUT2D eigenvalue weighted by molar-refractivity contribution is -0.141. The van der Waals surface area contributed by atoms with E-state index in [9.17, 15) is 22.8 Å². The first-order valence-electron chi connectivity index (χ1n) is 16.4. The smallest absolute Gasteiger partial charge is 0.435 e. The molecule has 0 aliphatic heterocycles. The summed E-state index contributed by atoms with van der Waals surface area (Å²) >= 11 is 0. The Morgan fingerprint density at radius 2 is 1.71 bits per heavy atom. The molecule has 1 aliphatic rings. The molecule has 0 saturated heterocycles. The molecule has 1 atom stereocenters. The molecule has 1 heterocycles. The maximum atomic E-state index is 13.9. The number of rotatable bonds is 13. The first-order chi connectivity index (χ1) is 23.3. The monoisotopic (exact) mass is 677 g/mol. The van der Waals surface area contributed by atoms with Crippen LogP contribution in [0, 0.1) is 5.92 Å². The number of amides is 2. The number of nitrogens with one attached hydrogen (secondary N) is 3. The van der Waals surface area contributed by atoms with Gasteiger partial charge in [-0.1, -0.05) is 49.4 Å². The minimum atomic E-state index is -4.79. The summed E-state index contributed by atoms with van der Waals surface area (Å²) in [6, 6.07) is 21.9. The van der Waals surface area contributed by atoms with E-state index in [1.165, 1.54) is 0 Å². The van der Waals surface area contributed by atoms with Crippen molar-refractivity contribution in [2.75, 3.05) is 18.5 Å². The number of nitrogens with zero attached hydrogens (tertiary/aromatic N) is 2. The van der Waals surface area contributed by atoms with Crippen molar-refractivity contribution in [2.45, 2.75) is 71.3 Å². The van der Waals surface area contributed by atoms with Crippen LogP contribution in [-0.4, -0.2) is 40.5 Å². The van der Waals surface area contributed by atoms with Gasteiger partial charge < -0.3 is 25.4 Å². The highest BCUT2D eigenvalue weighted by molar-refractivity contribution is 6.04. The van der Waals surface area contributed by atoms with Crippen LogP contribution in [-0.2, 0) is 17.5 Å². The number of alkyl carbamates (subject to hydrolysis) is 1. The van der Waals surface area contributed by atoms with Crippen LogP contribution >= 0.6 is 0 Å². The van der Waals surface area contributed by atoms with Crippen LogP contribution in [0.3, 0.4) is 0 Å². The Morgan fingerprint density at radius 1 is 0.980 bits per heavy atom. The van der Waals surface area contributed by atoms with Gasteiger partial charge in [-0.15, -0.1) is 0 Å². The number of alkyl halides is 3. The predicted octanol–water partition coefficient (Wildman–Crippen LogP) is 8.05. The van der Waals surface area contributed by atoms with Gasteiger partial charge in [-0.2, -0.15) is 18.3 Å². The molecule has 0 bridgehead atoms. The lowest BCUT2D eigenvalue weighted by atomic mass is 9.96. The summed E-state index contributed by atoms with van der Waals surface area (Å²) in [5.74, 6) is 0.560. The van der Waals surface area contributed by atoms with E-state index < -0.39 is 29.5 Å². The summed E-state index contributed by atoms with van der Waals surface area (Å²) in [5, 5.41) is 12.9. The largest absolute Gasteiger partial charge is 0.494 e. The number of halogens is 3. The molecule has 49 heavy (non-hydrogen) atoms. The van der Waals surface area contributed by atoms with Gasteiger partial charge >= 0.3 is 12.3 Å². The number of para-hydroxylation sites is 1. The highest BCUT2D eigenvalue weighted by Gasteiger charge is 2.36. The molecule has 3 N–H and O–H groups in total. The molecule has 4 aromatic rings. The number of anilines is 1. The molecule has 9 nitrogen and oxygen atoms in total. The van der Waals surface area contributed by atoms with Gasteiger partial charge in [-0.3, -0.25) is 4.79 Å². The van der Waals surface area contributed by atoms with E-state index in [0.29, 0.717) is 23.8 Å². The second-order valence-electron chi connectivity index (χ2n) is 13.1. The van der Waals surface area contributed by atoms with Gasteiger partial charge in [-0.25, -0.2) is 9.48 Å². The average molecular weight is 678 g/mol. The highest BCUT2D eigenvalue weighted by atomic mass is 19.4. The predicted molar refractivity (Wildman–Crippen MR) is 181 cm³/mol. The summed E-state index contributed by atoms with van der Waals surface area (Å²) in [4.78, 5) is 26.0. The first-order valence-corrected chi connectivity index (χ1v) is 16.4. The first kappa shape index (κ1) is 35.5. The van der Waals surface area contributed by atoms with E-state index in [2.05, 4.69) is 21.0 Å². The lowest BCUT2D eigenvalue weighted by Crippen LogP contribution is -2.32. The summed E-state index contributed by atoms with van der Waals surface area (Å²) in [6.45, 7) is 8.68. The molecular weight excluding hydrogens is 635 g/mol. The zero-order valence-corrected chi connectivity index (χ0v) is 28.1. The number of carbonyl (C=O) groups is 2. The van der Waals surface area contributed by atoms with Crippen LogP contribution in [0.2, 0.25) is 0 Å². The van der Waals surface area contributed by atoms with Gasteiger partial charge in [0.05, 0.1) is 18.3 Å². The normalized spacial score (nSPS) is 13.9. The molecular formula is C37H42F3N5O4. The number of hydrogen-bond acceptors (Lipinski definition) is 6. The van der Waals surface area contributed by atoms with Gasteiger partial charge in [0.1, 0.15) is 17.0 Å². The van der Waals surface area contributed by atoms with Crippen molar-refractivity contribution in [1.29, 1.82) is 0 Å². The zero-order chi connectivity index (χ0) is 35.2. The summed E-state index contributed by atoms with van der Waals surface area (Å²) in [7, 11) is 0. The summed E-state index contributed by atoms with van der Waals surface area (Å²) in [6.07, 6.45) is -2.25. The fourth-order valence-electron chi connectivity index (χ4n) is 5.20. The van der Waals surface area contributed by atoms with Crippen LogP contribution in [0.1, 0.15) is 85.9 Å². The van der Waals surface area contributed by atoms with Crippen LogP contribution < -0.4 is 20.7 Å². The highest BCUT2D eigenvalue weighted by Crippen LogP contribution is 2.34. The van der Waals surface area contributed by atoms with Crippen LogP contribution in [0.25, 0.3) is 5.69 Å². The van der Waals surface area contributed by atoms with Crippen LogP contribution in [0.5, 0.6) is 5.75 Å². The standard InChI is InChI=1S/C37H42F3N5O4/c1-5-19-48-28-17-15-26(16-18-28)33(41-22-24-13-14-24)29-11-6-7-12-30(29)43-34(46)31-21-32(37(38,39)40)44-45(31)27-10-8-9-25(20-27)23-42-35(47)49-36(2,3)4/h6-12,15-18,20-21,24,33,41H,5,13-14,19,22-23H2,1-4H3,(H,42,47)(H,43,46). The number of carbonyl (C=O) groups excluding carboxylic acids is 2. The minimum absolute atomic E-state index is 0.0476. The Kier molecular flexibility index (Phi) is 11.0. The van der Waals surface area contributed by atoms with E-state index in [-0.39, 0.29) is 24.0 Å². The van der Waals surface area contributed by atoms with Crippen molar-refractivity contribution in [3.63, 3.8) is 0 Å². The molecule has 3 aromatic carbocycles. The fraction of sp³-hybridized carbons (Fsp3) is 0.378. The Morgan fingerprint density at radius 3 is 2.39 bits per heavy atom. The van der Waals surface area contributed by atoms with Crippen molar-refractivity contribution < 1.29 is 32.2 Å². The van der Waals surface area contributed by atoms with Crippen LogP contribution in [0.15, 0.2) is 78.9 Å². The molecule has 260 valence electrons.